The van der Waals surface area contributed by atoms with Crippen LogP contribution in [-0.2, 0) is 19.0 Å². The van der Waals surface area contributed by atoms with Gasteiger partial charge in [0.05, 0.1) is 5.56 Å². The number of nitrogen functional groups attached to an aromatic ring is 1. The van der Waals surface area contributed by atoms with Crippen LogP contribution in [0.15, 0.2) is 48.8 Å². The fourth-order valence-electron chi connectivity index (χ4n) is 4.28. The van der Waals surface area contributed by atoms with Gasteiger partial charge in [0.15, 0.2) is 5.82 Å². The van der Waals surface area contributed by atoms with Crippen molar-refractivity contribution < 1.29 is 18.3 Å². The second-order valence-corrected chi connectivity index (χ2v) is 7.66. The zero-order chi connectivity index (χ0) is 21.8. The second-order valence-electron chi connectivity index (χ2n) is 7.66. The first-order chi connectivity index (χ1) is 14.8. The minimum absolute atomic E-state index is 0.0634. The van der Waals surface area contributed by atoms with E-state index in [2.05, 4.69) is 22.2 Å². The quantitative estimate of drug-likeness (QED) is 0.498. The minimum Gasteiger partial charge on any atom is -0.507 e. The number of benzene rings is 2. The molecule has 0 fully saturated rings. The monoisotopic (exact) mass is 425 g/mol. The first-order valence-electron chi connectivity index (χ1n) is 9.79. The highest BCUT2D eigenvalue weighted by Gasteiger charge is 2.34. The molecule has 0 saturated heterocycles. The number of alkyl halides is 3. The van der Waals surface area contributed by atoms with E-state index < -0.39 is 17.5 Å². The molecule has 9 heteroatoms. The lowest BCUT2D eigenvalue weighted by Gasteiger charge is -2.23. The summed E-state index contributed by atoms with van der Waals surface area (Å²) in [5, 5.41) is 14.3. The summed E-state index contributed by atoms with van der Waals surface area (Å²) in [6.07, 6.45) is -0.790. The van der Waals surface area contributed by atoms with E-state index in [1.807, 2.05) is 12.1 Å². The molecular formula is C22H18F3N5O. The topological polar surface area (TPSA) is 89.3 Å². The number of hydrogen-bond acceptors (Lipinski definition) is 5. The van der Waals surface area contributed by atoms with Crippen molar-refractivity contribution in [2.45, 2.75) is 31.4 Å². The van der Waals surface area contributed by atoms with Crippen LogP contribution in [-0.4, -0.2) is 24.7 Å². The van der Waals surface area contributed by atoms with Crippen LogP contribution in [0.1, 0.15) is 34.9 Å². The summed E-state index contributed by atoms with van der Waals surface area (Å²) in [4.78, 5) is 8.77. The fraction of sp³-hybridized carbons (Fsp3) is 0.227. The standard InChI is InChI=1S/C22H18F3N5O/c23-22(24,25)16-8-7-14(10-17(16)31)18-19-20(26)27-11-28-30(19)21(29-18)15-6-5-12-3-1-2-4-13(12)9-15/h1-4,7-8,10-11,15,31H,5-6,9H2,(H2,26,27,28). The van der Waals surface area contributed by atoms with Crippen LogP contribution in [0.5, 0.6) is 5.75 Å². The summed E-state index contributed by atoms with van der Waals surface area (Å²) in [5.74, 6) is 0.0375. The van der Waals surface area contributed by atoms with Crippen molar-refractivity contribution in [2.75, 3.05) is 5.73 Å². The first kappa shape index (κ1) is 19.3. The Labute approximate surface area is 175 Å². The van der Waals surface area contributed by atoms with Crippen molar-refractivity contribution in [3.8, 4) is 17.0 Å². The molecule has 0 radical (unpaired) electrons. The maximum atomic E-state index is 13.0. The Hall–Kier alpha value is -3.62. The van der Waals surface area contributed by atoms with Crippen molar-refractivity contribution in [2.24, 2.45) is 0 Å². The third-order valence-corrected chi connectivity index (χ3v) is 5.77. The number of halogens is 3. The Balaban J connectivity index is 1.64. The first-order valence-corrected chi connectivity index (χ1v) is 9.79. The van der Waals surface area contributed by atoms with Crippen LogP contribution in [0.3, 0.4) is 0 Å². The number of anilines is 1. The smallest absolute Gasteiger partial charge is 0.419 e. The number of phenolic OH excluding ortho intramolecular Hbond substituents is 1. The van der Waals surface area contributed by atoms with Crippen LogP contribution in [0, 0.1) is 0 Å². The van der Waals surface area contributed by atoms with Crippen LogP contribution < -0.4 is 5.73 Å². The van der Waals surface area contributed by atoms with E-state index in [1.165, 1.54) is 23.5 Å². The molecule has 0 spiro atoms. The largest absolute Gasteiger partial charge is 0.507 e. The van der Waals surface area contributed by atoms with E-state index in [-0.39, 0.29) is 11.7 Å². The molecule has 31 heavy (non-hydrogen) atoms. The average molecular weight is 425 g/mol. The lowest BCUT2D eigenvalue weighted by atomic mass is 9.83. The number of aromatic hydroxyl groups is 1. The second kappa shape index (κ2) is 6.97. The molecule has 2 aromatic heterocycles. The maximum absolute atomic E-state index is 13.0. The molecule has 0 amide bonds. The van der Waals surface area contributed by atoms with Gasteiger partial charge in [-0.1, -0.05) is 30.3 Å². The van der Waals surface area contributed by atoms with Crippen molar-refractivity contribution >= 4 is 11.3 Å². The summed E-state index contributed by atoms with van der Waals surface area (Å²) < 4.78 is 40.8. The van der Waals surface area contributed by atoms with Crippen molar-refractivity contribution in [3.05, 3.63) is 71.3 Å². The highest BCUT2D eigenvalue weighted by molar-refractivity contribution is 5.85. The number of rotatable bonds is 2. The molecule has 0 saturated carbocycles. The van der Waals surface area contributed by atoms with Crippen LogP contribution in [0.4, 0.5) is 19.0 Å². The van der Waals surface area contributed by atoms with Crippen LogP contribution in [0.2, 0.25) is 0 Å². The summed E-state index contributed by atoms with van der Waals surface area (Å²) in [6.45, 7) is 0. The number of aromatic nitrogens is 4. The highest BCUT2D eigenvalue weighted by atomic mass is 19.4. The van der Waals surface area contributed by atoms with Gasteiger partial charge in [-0.2, -0.15) is 18.3 Å². The number of fused-ring (bicyclic) bond motifs is 2. The third kappa shape index (κ3) is 3.26. The average Bonchev–Trinajstić information content (AvgIpc) is 3.13. The fourth-order valence-corrected chi connectivity index (χ4v) is 4.28. The molecule has 3 N–H and O–H groups in total. The third-order valence-electron chi connectivity index (χ3n) is 5.77. The van der Waals surface area contributed by atoms with E-state index in [0.717, 1.165) is 31.4 Å². The SMILES string of the molecule is Nc1ncnn2c(C3CCc4ccccc4C3)nc(-c3ccc(C(F)(F)F)c(O)c3)c12. The van der Waals surface area contributed by atoms with Crippen LogP contribution >= 0.6 is 0 Å². The molecule has 158 valence electrons. The Morgan fingerprint density at radius 2 is 1.87 bits per heavy atom. The number of aryl methyl sites for hydroxylation is 1. The van der Waals surface area contributed by atoms with Gasteiger partial charge in [-0.15, -0.1) is 0 Å². The molecular weight excluding hydrogens is 407 g/mol. The van der Waals surface area contributed by atoms with Crippen molar-refractivity contribution in [1.29, 1.82) is 0 Å². The van der Waals surface area contributed by atoms with E-state index in [0.29, 0.717) is 22.6 Å². The molecule has 2 heterocycles. The van der Waals surface area contributed by atoms with E-state index in [1.54, 1.807) is 4.52 Å². The number of nitrogens with zero attached hydrogens (tertiary/aromatic N) is 4. The maximum Gasteiger partial charge on any atom is 0.419 e. The molecule has 0 aliphatic heterocycles. The Morgan fingerprint density at radius 3 is 2.61 bits per heavy atom. The normalized spacial score (nSPS) is 16.4. The number of phenols is 1. The summed E-state index contributed by atoms with van der Waals surface area (Å²) in [6, 6.07) is 11.4. The zero-order valence-electron chi connectivity index (χ0n) is 16.3. The van der Waals surface area contributed by atoms with Gasteiger partial charge in [0.2, 0.25) is 0 Å². The molecule has 5 rings (SSSR count). The van der Waals surface area contributed by atoms with Gasteiger partial charge < -0.3 is 10.8 Å². The predicted octanol–water partition coefficient (Wildman–Crippen LogP) is 4.37. The van der Waals surface area contributed by atoms with Gasteiger partial charge in [0, 0.05) is 11.5 Å². The highest BCUT2D eigenvalue weighted by Crippen LogP contribution is 2.40. The van der Waals surface area contributed by atoms with E-state index >= 15 is 0 Å². The van der Waals surface area contributed by atoms with Crippen molar-refractivity contribution in [1.82, 2.24) is 19.6 Å². The Morgan fingerprint density at radius 1 is 1.10 bits per heavy atom. The van der Waals surface area contributed by atoms with Gasteiger partial charge in [0.1, 0.15) is 29.1 Å². The molecule has 1 atom stereocenters. The summed E-state index contributed by atoms with van der Waals surface area (Å²) in [5.41, 5.74) is 8.61. The van der Waals surface area contributed by atoms with Gasteiger partial charge in [-0.25, -0.2) is 14.5 Å². The number of nitrogens with two attached hydrogens (primary N) is 1. The van der Waals surface area contributed by atoms with E-state index in [4.69, 9.17) is 10.7 Å². The molecule has 1 unspecified atom stereocenters. The number of imidazole rings is 1. The van der Waals surface area contributed by atoms with Gasteiger partial charge in [-0.3, -0.25) is 0 Å². The van der Waals surface area contributed by atoms with Gasteiger partial charge in [0.25, 0.3) is 0 Å². The molecule has 1 aliphatic carbocycles. The lowest BCUT2D eigenvalue weighted by Crippen LogP contribution is -2.16. The summed E-state index contributed by atoms with van der Waals surface area (Å²) >= 11 is 0. The molecule has 4 aromatic rings. The molecule has 6 nitrogen and oxygen atoms in total. The predicted molar refractivity (Wildman–Crippen MR) is 109 cm³/mol. The Kier molecular flexibility index (Phi) is 4.35. The Bertz CT molecular complexity index is 1300. The molecule has 0 bridgehead atoms. The van der Waals surface area contributed by atoms with E-state index in [9.17, 15) is 18.3 Å². The number of hydrogen-bond donors (Lipinski definition) is 2. The van der Waals surface area contributed by atoms with Gasteiger partial charge in [-0.05, 0) is 42.5 Å². The van der Waals surface area contributed by atoms with Gasteiger partial charge >= 0.3 is 6.18 Å². The van der Waals surface area contributed by atoms with Crippen LogP contribution in [0.25, 0.3) is 16.8 Å². The lowest BCUT2D eigenvalue weighted by molar-refractivity contribution is -0.138. The zero-order valence-corrected chi connectivity index (χ0v) is 16.3. The molecule has 2 aromatic carbocycles. The summed E-state index contributed by atoms with van der Waals surface area (Å²) in [7, 11) is 0. The minimum atomic E-state index is -4.65. The van der Waals surface area contributed by atoms with Crippen molar-refractivity contribution in [3.63, 3.8) is 0 Å². The molecule has 1 aliphatic rings.